The van der Waals surface area contributed by atoms with Crippen molar-refractivity contribution in [3.05, 3.63) is 56.8 Å². The maximum absolute atomic E-state index is 12.5. The molecule has 1 aromatic heterocycles. The molecule has 3 nitrogen and oxygen atoms in total. The number of nitrogens with zero attached hydrogens (tertiary/aromatic N) is 1. The summed E-state index contributed by atoms with van der Waals surface area (Å²) in [6.45, 7) is 5.56. The van der Waals surface area contributed by atoms with Gasteiger partial charge in [-0.25, -0.2) is 4.98 Å². The van der Waals surface area contributed by atoms with Crippen LogP contribution in [0.2, 0.25) is 10.2 Å². The highest BCUT2D eigenvalue weighted by atomic mass is 35.5. The first-order valence-corrected chi connectivity index (χ1v) is 7.42. The van der Waals surface area contributed by atoms with E-state index in [1.54, 1.807) is 13.8 Å². The summed E-state index contributed by atoms with van der Waals surface area (Å²) in [5.74, 6) is -0.298. The third kappa shape index (κ3) is 3.20. The Balaban J connectivity index is 2.40. The molecule has 0 aliphatic rings. The molecule has 2 aromatic rings. The van der Waals surface area contributed by atoms with E-state index in [9.17, 15) is 4.79 Å². The molecule has 0 fully saturated rings. The number of nitrogens with one attached hydrogen (secondary N) is 1. The second-order valence-corrected chi connectivity index (χ2v) is 5.50. The molecule has 0 atom stereocenters. The normalized spacial score (nSPS) is 10.5. The van der Waals surface area contributed by atoms with Crippen molar-refractivity contribution >= 4 is 34.8 Å². The number of anilines is 1. The Bertz CT molecular complexity index is 699. The quantitative estimate of drug-likeness (QED) is 0.823. The minimum atomic E-state index is -0.298. The molecule has 0 saturated heterocycles. The second-order valence-electron chi connectivity index (χ2n) is 4.77. The largest absolute Gasteiger partial charge is 0.322 e. The Morgan fingerprint density at radius 3 is 2.57 bits per heavy atom. The van der Waals surface area contributed by atoms with E-state index in [1.165, 1.54) is 0 Å². The third-order valence-corrected chi connectivity index (χ3v) is 4.20. The van der Waals surface area contributed by atoms with Gasteiger partial charge in [-0.2, -0.15) is 0 Å². The zero-order chi connectivity index (χ0) is 15.6. The van der Waals surface area contributed by atoms with Crippen LogP contribution in [0.3, 0.4) is 0 Å². The number of aromatic nitrogens is 1. The minimum Gasteiger partial charge on any atom is -0.322 e. The van der Waals surface area contributed by atoms with Crippen LogP contribution < -0.4 is 5.32 Å². The van der Waals surface area contributed by atoms with Crippen LogP contribution in [-0.2, 0) is 6.42 Å². The average molecular weight is 323 g/mol. The van der Waals surface area contributed by atoms with E-state index in [0.29, 0.717) is 21.8 Å². The number of para-hydroxylation sites is 1. The molecular formula is C16H16Cl2N2O. The van der Waals surface area contributed by atoms with Gasteiger partial charge >= 0.3 is 0 Å². The first-order chi connectivity index (χ1) is 9.95. The van der Waals surface area contributed by atoms with Crippen LogP contribution in [0.15, 0.2) is 24.3 Å². The molecule has 0 saturated carbocycles. The van der Waals surface area contributed by atoms with Gasteiger partial charge in [-0.05, 0) is 37.5 Å². The highest BCUT2D eigenvalue weighted by Gasteiger charge is 2.19. The van der Waals surface area contributed by atoms with Gasteiger partial charge in [-0.15, -0.1) is 0 Å². The summed E-state index contributed by atoms with van der Waals surface area (Å²) in [6.07, 6.45) is 0.829. The third-order valence-electron chi connectivity index (χ3n) is 3.37. The zero-order valence-corrected chi connectivity index (χ0v) is 13.6. The average Bonchev–Trinajstić information content (AvgIpc) is 2.45. The minimum absolute atomic E-state index is 0.167. The van der Waals surface area contributed by atoms with Crippen molar-refractivity contribution in [3.8, 4) is 0 Å². The van der Waals surface area contributed by atoms with Gasteiger partial charge in [0.2, 0.25) is 0 Å². The number of aryl methyl sites for hydroxylation is 2. The first-order valence-electron chi connectivity index (χ1n) is 6.67. The summed E-state index contributed by atoms with van der Waals surface area (Å²) in [5.41, 5.74) is 3.41. The number of carbonyl (C=O) groups is 1. The molecule has 1 N–H and O–H groups in total. The van der Waals surface area contributed by atoms with E-state index >= 15 is 0 Å². The Morgan fingerprint density at radius 2 is 1.90 bits per heavy atom. The van der Waals surface area contributed by atoms with Crippen molar-refractivity contribution in [1.29, 1.82) is 0 Å². The molecule has 2 rings (SSSR count). The number of hydrogen-bond donors (Lipinski definition) is 1. The van der Waals surface area contributed by atoms with Crippen molar-refractivity contribution in [1.82, 2.24) is 4.98 Å². The van der Waals surface area contributed by atoms with Crippen LogP contribution in [0.1, 0.15) is 34.1 Å². The van der Waals surface area contributed by atoms with E-state index in [0.717, 1.165) is 17.7 Å². The van der Waals surface area contributed by atoms with E-state index in [-0.39, 0.29) is 11.1 Å². The van der Waals surface area contributed by atoms with Crippen molar-refractivity contribution in [2.45, 2.75) is 27.2 Å². The summed E-state index contributed by atoms with van der Waals surface area (Å²) in [5, 5.41) is 3.52. The molecule has 21 heavy (non-hydrogen) atoms. The Hall–Kier alpha value is -1.58. The summed E-state index contributed by atoms with van der Waals surface area (Å²) < 4.78 is 0. The SMILES string of the molecule is CCc1ccccc1NC(=O)c1c(Cl)nc(C)c(Cl)c1C. The van der Waals surface area contributed by atoms with Crippen LogP contribution in [0.4, 0.5) is 5.69 Å². The van der Waals surface area contributed by atoms with E-state index in [1.807, 2.05) is 31.2 Å². The number of rotatable bonds is 3. The number of hydrogen-bond acceptors (Lipinski definition) is 2. The summed E-state index contributed by atoms with van der Waals surface area (Å²) >= 11 is 12.3. The van der Waals surface area contributed by atoms with Gasteiger partial charge < -0.3 is 5.32 Å². The Labute approximate surface area is 134 Å². The number of carbonyl (C=O) groups excluding carboxylic acids is 1. The Morgan fingerprint density at radius 1 is 1.24 bits per heavy atom. The molecule has 0 spiro atoms. The lowest BCUT2D eigenvalue weighted by Crippen LogP contribution is -2.16. The monoisotopic (exact) mass is 322 g/mol. The molecule has 0 unspecified atom stereocenters. The topological polar surface area (TPSA) is 42.0 Å². The molecule has 0 aliphatic heterocycles. The molecule has 5 heteroatoms. The zero-order valence-electron chi connectivity index (χ0n) is 12.1. The van der Waals surface area contributed by atoms with Gasteiger partial charge in [0.1, 0.15) is 5.15 Å². The fourth-order valence-corrected chi connectivity index (χ4v) is 2.68. The van der Waals surface area contributed by atoms with Crippen molar-refractivity contribution in [2.75, 3.05) is 5.32 Å². The standard InChI is InChI=1S/C16H16Cl2N2O/c1-4-11-7-5-6-8-12(11)20-16(21)13-9(2)14(17)10(3)19-15(13)18/h5-8H,4H2,1-3H3,(H,20,21). The summed E-state index contributed by atoms with van der Waals surface area (Å²) in [4.78, 5) is 16.6. The molecule has 110 valence electrons. The number of pyridine rings is 1. The van der Waals surface area contributed by atoms with E-state index in [4.69, 9.17) is 23.2 Å². The first kappa shape index (κ1) is 15.8. The van der Waals surface area contributed by atoms with Gasteiger partial charge in [0.05, 0.1) is 16.3 Å². The van der Waals surface area contributed by atoms with Crippen LogP contribution >= 0.6 is 23.2 Å². The molecule has 1 aromatic carbocycles. The molecule has 0 radical (unpaired) electrons. The molecule has 1 heterocycles. The number of halogens is 2. The van der Waals surface area contributed by atoms with Gasteiger partial charge in [0, 0.05) is 5.69 Å². The molecule has 1 amide bonds. The highest BCUT2D eigenvalue weighted by molar-refractivity contribution is 6.36. The molecule has 0 bridgehead atoms. The summed E-state index contributed by atoms with van der Waals surface area (Å²) in [6, 6.07) is 7.66. The maximum Gasteiger partial charge on any atom is 0.259 e. The van der Waals surface area contributed by atoms with Crippen molar-refractivity contribution in [3.63, 3.8) is 0 Å². The lowest BCUT2D eigenvalue weighted by molar-refractivity contribution is 0.102. The smallest absolute Gasteiger partial charge is 0.259 e. The van der Waals surface area contributed by atoms with Gasteiger partial charge in [-0.3, -0.25) is 4.79 Å². The fourth-order valence-electron chi connectivity index (χ4n) is 2.19. The summed E-state index contributed by atoms with van der Waals surface area (Å²) in [7, 11) is 0. The molecule has 0 aliphatic carbocycles. The van der Waals surface area contributed by atoms with E-state index in [2.05, 4.69) is 10.3 Å². The highest BCUT2D eigenvalue weighted by Crippen LogP contribution is 2.28. The van der Waals surface area contributed by atoms with Gasteiger partial charge in [0.15, 0.2) is 0 Å². The maximum atomic E-state index is 12.5. The second kappa shape index (κ2) is 6.46. The Kier molecular flexibility index (Phi) is 4.86. The lowest BCUT2D eigenvalue weighted by atomic mass is 10.1. The van der Waals surface area contributed by atoms with Crippen molar-refractivity contribution < 1.29 is 4.79 Å². The number of amides is 1. The lowest BCUT2D eigenvalue weighted by Gasteiger charge is -2.13. The number of benzene rings is 1. The van der Waals surface area contributed by atoms with Crippen LogP contribution in [0.5, 0.6) is 0 Å². The van der Waals surface area contributed by atoms with Crippen molar-refractivity contribution in [2.24, 2.45) is 0 Å². The van der Waals surface area contributed by atoms with Crippen LogP contribution in [0, 0.1) is 13.8 Å². The predicted octanol–water partition coefficient (Wildman–Crippen LogP) is 4.82. The van der Waals surface area contributed by atoms with Gasteiger partial charge in [-0.1, -0.05) is 48.3 Å². The van der Waals surface area contributed by atoms with Crippen LogP contribution in [-0.4, -0.2) is 10.9 Å². The van der Waals surface area contributed by atoms with E-state index < -0.39 is 0 Å². The van der Waals surface area contributed by atoms with Crippen LogP contribution in [0.25, 0.3) is 0 Å². The fraction of sp³-hybridized carbons (Fsp3) is 0.250. The predicted molar refractivity (Wildman–Crippen MR) is 87.5 cm³/mol. The molecular weight excluding hydrogens is 307 g/mol. The van der Waals surface area contributed by atoms with Gasteiger partial charge in [0.25, 0.3) is 5.91 Å².